The number of urea groups is 1. The minimum Gasteiger partial charge on any atom is -0.389 e. The standard InChI is InChI=1S/C23H27FN4O4S/c1-23(2,30)15-33(31,32)28-9-7-17(8-10-28)16-3-5-20(6-4-16)26-22(29)27-13-18-11-19(24)12-25-21(18)14-27/h3-7,11-12,30H,8-10,13-15H2,1-2H3,(H,26,29). The van der Waals surface area contributed by atoms with E-state index >= 15 is 0 Å². The average molecular weight is 475 g/mol. The minimum atomic E-state index is -3.54. The van der Waals surface area contributed by atoms with Crippen molar-refractivity contribution >= 4 is 27.3 Å². The van der Waals surface area contributed by atoms with Gasteiger partial charge in [0.2, 0.25) is 10.0 Å². The third kappa shape index (κ3) is 5.58. The van der Waals surface area contributed by atoms with Gasteiger partial charge in [-0.2, -0.15) is 4.31 Å². The fourth-order valence-electron chi connectivity index (χ4n) is 4.05. The average Bonchev–Trinajstić information content (AvgIpc) is 3.16. The number of aromatic nitrogens is 1. The molecular formula is C23H27FN4O4S. The number of nitrogens with one attached hydrogen (secondary N) is 1. The molecule has 1 aromatic heterocycles. The molecule has 10 heteroatoms. The quantitative estimate of drug-likeness (QED) is 0.694. The number of halogens is 1. The minimum absolute atomic E-state index is 0.260. The molecule has 0 fully saturated rings. The molecule has 0 unspecified atom stereocenters. The summed E-state index contributed by atoms with van der Waals surface area (Å²) in [6, 6.07) is 8.49. The molecule has 0 aliphatic carbocycles. The van der Waals surface area contributed by atoms with Gasteiger partial charge >= 0.3 is 6.03 Å². The van der Waals surface area contributed by atoms with Gasteiger partial charge in [0.1, 0.15) is 5.82 Å². The fraction of sp³-hybridized carbons (Fsp3) is 0.391. The third-order valence-electron chi connectivity index (χ3n) is 5.62. The molecule has 0 radical (unpaired) electrons. The second kappa shape index (κ2) is 8.85. The molecule has 0 saturated heterocycles. The number of amides is 2. The van der Waals surface area contributed by atoms with Crippen LogP contribution < -0.4 is 5.32 Å². The van der Waals surface area contributed by atoms with E-state index in [4.69, 9.17) is 0 Å². The van der Waals surface area contributed by atoms with E-state index in [1.165, 1.54) is 24.2 Å². The Hall–Kier alpha value is -2.82. The van der Waals surface area contributed by atoms with Crippen LogP contribution in [0.5, 0.6) is 0 Å². The van der Waals surface area contributed by atoms with Crippen molar-refractivity contribution in [2.75, 3.05) is 24.2 Å². The van der Waals surface area contributed by atoms with Crippen molar-refractivity contribution in [3.05, 3.63) is 65.2 Å². The number of fused-ring (bicyclic) bond motifs is 1. The van der Waals surface area contributed by atoms with Gasteiger partial charge in [0.25, 0.3) is 0 Å². The van der Waals surface area contributed by atoms with E-state index in [1.807, 2.05) is 18.2 Å². The van der Waals surface area contributed by atoms with Crippen LogP contribution in [0.25, 0.3) is 5.57 Å². The van der Waals surface area contributed by atoms with E-state index < -0.39 is 21.4 Å². The maximum atomic E-state index is 13.3. The van der Waals surface area contributed by atoms with E-state index in [1.54, 1.807) is 17.0 Å². The second-order valence-electron chi connectivity index (χ2n) is 9.03. The lowest BCUT2D eigenvalue weighted by atomic mass is 10.0. The van der Waals surface area contributed by atoms with Crippen molar-refractivity contribution in [1.29, 1.82) is 0 Å². The number of anilines is 1. The molecule has 2 aliphatic heterocycles. The molecule has 0 bridgehead atoms. The van der Waals surface area contributed by atoms with Crippen LogP contribution in [0.1, 0.15) is 37.1 Å². The first-order valence-electron chi connectivity index (χ1n) is 10.7. The molecule has 176 valence electrons. The highest BCUT2D eigenvalue weighted by molar-refractivity contribution is 7.89. The number of benzene rings is 1. The Labute approximate surface area is 192 Å². The van der Waals surface area contributed by atoms with E-state index in [0.29, 0.717) is 43.0 Å². The Bertz CT molecular complexity index is 1190. The molecule has 2 aromatic rings. The monoisotopic (exact) mass is 474 g/mol. The Balaban J connectivity index is 1.35. The molecule has 8 nitrogen and oxygen atoms in total. The first-order chi connectivity index (χ1) is 15.5. The van der Waals surface area contributed by atoms with Gasteiger partial charge in [0.15, 0.2) is 0 Å². The van der Waals surface area contributed by atoms with Crippen LogP contribution in [-0.2, 0) is 23.1 Å². The van der Waals surface area contributed by atoms with E-state index in [2.05, 4.69) is 10.3 Å². The molecular weight excluding hydrogens is 447 g/mol. The molecule has 2 N–H and O–H groups in total. The summed E-state index contributed by atoms with van der Waals surface area (Å²) in [6.45, 7) is 4.22. The molecule has 2 amide bonds. The summed E-state index contributed by atoms with van der Waals surface area (Å²) >= 11 is 0. The molecule has 0 atom stereocenters. The summed E-state index contributed by atoms with van der Waals surface area (Å²) in [7, 11) is -3.54. The lowest BCUT2D eigenvalue weighted by Gasteiger charge is -2.28. The van der Waals surface area contributed by atoms with Crippen LogP contribution in [0, 0.1) is 5.82 Å². The van der Waals surface area contributed by atoms with Gasteiger partial charge in [-0.1, -0.05) is 18.2 Å². The predicted molar refractivity (Wildman–Crippen MR) is 123 cm³/mol. The van der Waals surface area contributed by atoms with Crippen molar-refractivity contribution in [3.8, 4) is 0 Å². The number of carbonyl (C=O) groups is 1. The first kappa shape index (κ1) is 23.3. The molecule has 4 rings (SSSR count). The Morgan fingerprint density at radius 2 is 1.97 bits per heavy atom. The van der Waals surface area contributed by atoms with E-state index in [0.717, 1.165) is 17.3 Å². The second-order valence-corrected chi connectivity index (χ2v) is 11.0. The number of rotatable bonds is 5. The number of sulfonamides is 1. The number of hydrogen-bond acceptors (Lipinski definition) is 5. The molecule has 3 heterocycles. The lowest BCUT2D eigenvalue weighted by Crippen LogP contribution is -2.42. The number of nitrogens with zero attached hydrogens (tertiary/aromatic N) is 3. The van der Waals surface area contributed by atoms with Gasteiger partial charge in [-0.25, -0.2) is 17.6 Å². The zero-order chi connectivity index (χ0) is 23.8. The maximum absolute atomic E-state index is 13.3. The summed E-state index contributed by atoms with van der Waals surface area (Å²) in [6.07, 6.45) is 3.60. The van der Waals surface area contributed by atoms with Gasteiger partial charge in [0, 0.05) is 25.3 Å². The van der Waals surface area contributed by atoms with Gasteiger partial charge in [-0.15, -0.1) is 0 Å². The summed E-state index contributed by atoms with van der Waals surface area (Å²) in [5, 5.41) is 12.7. The van der Waals surface area contributed by atoms with Crippen LogP contribution in [0.2, 0.25) is 0 Å². The van der Waals surface area contributed by atoms with Crippen LogP contribution in [0.4, 0.5) is 14.9 Å². The predicted octanol–water partition coefficient (Wildman–Crippen LogP) is 2.96. The molecule has 33 heavy (non-hydrogen) atoms. The topological polar surface area (TPSA) is 103 Å². The van der Waals surface area contributed by atoms with Gasteiger partial charge in [-0.05, 0) is 55.2 Å². The van der Waals surface area contributed by atoms with Crippen LogP contribution >= 0.6 is 0 Å². The molecule has 0 saturated carbocycles. The zero-order valence-electron chi connectivity index (χ0n) is 18.6. The highest BCUT2D eigenvalue weighted by Crippen LogP contribution is 2.27. The lowest BCUT2D eigenvalue weighted by molar-refractivity contribution is 0.103. The first-order valence-corrected chi connectivity index (χ1v) is 12.3. The van der Waals surface area contributed by atoms with Crippen molar-refractivity contribution in [2.24, 2.45) is 0 Å². The summed E-state index contributed by atoms with van der Waals surface area (Å²) < 4.78 is 39.7. The van der Waals surface area contributed by atoms with Crippen molar-refractivity contribution in [2.45, 2.75) is 39.0 Å². The number of hydrogen-bond donors (Lipinski definition) is 2. The SMILES string of the molecule is CC(C)(O)CS(=O)(=O)N1CC=C(c2ccc(NC(=O)N3Cc4cc(F)cnc4C3)cc2)CC1. The Morgan fingerprint density at radius 3 is 2.61 bits per heavy atom. The zero-order valence-corrected chi connectivity index (χ0v) is 19.4. The van der Waals surface area contributed by atoms with E-state index in [-0.39, 0.29) is 18.3 Å². The Morgan fingerprint density at radius 1 is 1.24 bits per heavy atom. The highest BCUT2D eigenvalue weighted by Gasteiger charge is 2.30. The highest BCUT2D eigenvalue weighted by atomic mass is 32.2. The normalized spacial score (nSPS) is 17.0. The van der Waals surface area contributed by atoms with Crippen LogP contribution in [-0.4, -0.2) is 58.2 Å². The van der Waals surface area contributed by atoms with Crippen LogP contribution in [0.15, 0.2) is 42.6 Å². The van der Waals surface area contributed by atoms with E-state index in [9.17, 15) is 22.7 Å². The number of aliphatic hydroxyl groups is 1. The van der Waals surface area contributed by atoms with Crippen molar-refractivity contribution in [3.63, 3.8) is 0 Å². The number of pyridine rings is 1. The molecule has 2 aliphatic rings. The Kier molecular flexibility index (Phi) is 6.26. The largest absolute Gasteiger partial charge is 0.389 e. The fourth-order valence-corrected chi connectivity index (χ4v) is 5.79. The number of carbonyl (C=O) groups excluding carboxylic acids is 1. The summed E-state index contributed by atoms with van der Waals surface area (Å²) in [4.78, 5) is 18.2. The summed E-state index contributed by atoms with van der Waals surface area (Å²) in [5.41, 5.74) is 2.75. The smallest absolute Gasteiger partial charge is 0.322 e. The van der Waals surface area contributed by atoms with Gasteiger partial charge in [-0.3, -0.25) is 4.98 Å². The molecule has 0 spiro atoms. The van der Waals surface area contributed by atoms with Gasteiger partial charge < -0.3 is 15.3 Å². The summed E-state index contributed by atoms with van der Waals surface area (Å²) in [5.74, 6) is -0.730. The van der Waals surface area contributed by atoms with Gasteiger partial charge in [0.05, 0.1) is 29.8 Å². The van der Waals surface area contributed by atoms with Crippen LogP contribution in [0.3, 0.4) is 0 Å². The van der Waals surface area contributed by atoms with Crippen molar-refractivity contribution in [1.82, 2.24) is 14.2 Å². The molecule has 1 aromatic carbocycles. The van der Waals surface area contributed by atoms with Crippen molar-refractivity contribution < 1.29 is 22.7 Å². The third-order valence-corrected chi connectivity index (χ3v) is 7.81. The maximum Gasteiger partial charge on any atom is 0.322 e.